The summed E-state index contributed by atoms with van der Waals surface area (Å²) in [5.74, 6) is -0.115. The van der Waals surface area contributed by atoms with Crippen LogP contribution in [0.3, 0.4) is 0 Å². The molecule has 0 saturated carbocycles. The molecule has 0 aliphatic carbocycles. The summed E-state index contributed by atoms with van der Waals surface area (Å²) >= 11 is 12.0. The van der Waals surface area contributed by atoms with Gasteiger partial charge in [-0.25, -0.2) is 0 Å². The molecule has 152 valence electrons. The van der Waals surface area contributed by atoms with Crippen LogP contribution in [0.4, 0.5) is 5.69 Å². The molecule has 7 heteroatoms. The summed E-state index contributed by atoms with van der Waals surface area (Å²) in [4.78, 5) is 24.7. The predicted molar refractivity (Wildman–Crippen MR) is 113 cm³/mol. The maximum atomic E-state index is 12.5. The second kappa shape index (κ2) is 12.8. The van der Waals surface area contributed by atoms with Crippen LogP contribution < -0.4 is 16.2 Å². The Kier molecular flexibility index (Phi) is 11.2. The van der Waals surface area contributed by atoms with Gasteiger partial charge in [0.25, 0.3) is 5.91 Å². The second-order valence-corrected chi connectivity index (χ2v) is 8.00. The SMILES string of the molecule is CCCCCCCC(=O)NC(CC(C)C)C(=O)NNc1ccc(Cl)cc1Cl. The number of hydrogen-bond donors (Lipinski definition) is 3. The molecule has 0 radical (unpaired) electrons. The highest BCUT2D eigenvalue weighted by molar-refractivity contribution is 6.36. The fourth-order valence-corrected chi connectivity index (χ4v) is 3.12. The van der Waals surface area contributed by atoms with Gasteiger partial charge in [-0.1, -0.05) is 69.7 Å². The number of benzene rings is 1. The summed E-state index contributed by atoms with van der Waals surface area (Å²) in [5.41, 5.74) is 5.96. The van der Waals surface area contributed by atoms with Crippen LogP contribution in [0.2, 0.25) is 10.0 Å². The summed E-state index contributed by atoms with van der Waals surface area (Å²) in [5, 5.41) is 3.77. The maximum Gasteiger partial charge on any atom is 0.260 e. The van der Waals surface area contributed by atoms with Crippen LogP contribution in [0.15, 0.2) is 18.2 Å². The molecule has 0 aromatic heterocycles. The summed E-state index contributed by atoms with van der Waals surface area (Å²) in [6, 6.07) is 4.35. The van der Waals surface area contributed by atoms with Gasteiger partial charge in [0.1, 0.15) is 6.04 Å². The van der Waals surface area contributed by atoms with Gasteiger partial charge in [0.15, 0.2) is 0 Å². The summed E-state index contributed by atoms with van der Waals surface area (Å²) < 4.78 is 0. The lowest BCUT2D eigenvalue weighted by atomic mass is 10.0. The van der Waals surface area contributed by atoms with Gasteiger partial charge in [-0.15, -0.1) is 0 Å². The van der Waals surface area contributed by atoms with Crippen molar-refractivity contribution in [2.75, 3.05) is 5.43 Å². The first-order chi connectivity index (χ1) is 12.8. The van der Waals surface area contributed by atoms with Gasteiger partial charge in [-0.05, 0) is 37.0 Å². The van der Waals surface area contributed by atoms with Crippen LogP contribution in [0.25, 0.3) is 0 Å². The number of hydrazine groups is 1. The largest absolute Gasteiger partial charge is 0.344 e. The highest BCUT2D eigenvalue weighted by Gasteiger charge is 2.21. The van der Waals surface area contributed by atoms with Crippen molar-refractivity contribution in [1.82, 2.24) is 10.7 Å². The van der Waals surface area contributed by atoms with Gasteiger partial charge in [-0.2, -0.15) is 0 Å². The minimum absolute atomic E-state index is 0.0863. The molecule has 0 spiro atoms. The third-order valence-corrected chi connectivity index (χ3v) is 4.67. The first kappa shape index (κ1) is 23.6. The van der Waals surface area contributed by atoms with Crippen LogP contribution >= 0.6 is 23.2 Å². The number of anilines is 1. The fraction of sp³-hybridized carbons (Fsp3) is 0.600. The van der Waals surface area contributed by atoms with E-state index in [2.05, 4.69) is 23.1 Å². The average Bonchev–Trinajstić information content (AvgIpc) is 2.59. The Bertz CT molecular complexity index is 609. The van der Waals surface area contributed by atoms with E-state index in [-0.39, 0.29) is 17.7 Å². The zero-order valence-electron chi connectivity index (χ0n) is 16.4. The van der Waals surface area contributed by atoms with Gasteiger partial charge < -0.3 is 5.32 Å². The van der Waals surface area contributed by atoms with Gasteiger partial charge in [0, 0.05) is 11.4 Å². The first-order valence-electron chi connectivity index (χ1n) is 9.63. The summed E-state index contributed by atoms with van der Waals surface area (Å²) in [6.45, 7) is 6.19. The Balaban J connectivity index is 2.53. The van der Waals surface area contributed by atoms with Crippen LogP contribution in [0, 0.1) is 5.92 Å². The quantitative estimate of drug-likeness (QED) is 0.319. The molecule has 1 aromatic rings. The Morgan fingerprint density at radius 3 is 2.41 bits per heavy atom. The van der Waals surface area contributed by atoms with Crippen molar-refractivity contribution in [2.24, 2.45) is 5.92 Å². The number of carbonyl (C=O) groups excluding carboxylic acids is 2. The molecule has 0 heterocycles. The van der Waals surface area contributed by atoms with E-state index in [1.54, 1.807) is 18.2 Å². The van der Waals surface area contributed by atoms with E-state index in [9.17, 15) is 9.59 Å². The zero-order chi connectivity index (χ0) is 20.2. The van der Waals surface area contributed by atoms with Gasteiger partial charge in [0.2, 0.25) is 5.91 Å². The van der Waals surface area contributed by atoms with Crippen LogP contribution in [-0.2, 0) is 9.59 Å². The molecule has 27 heavy (non-hydrogen) atoms. The van der Waals surface area contributed by atoms with Crippen LogP contribution in [-0.4, -0.2) is 17.9 Å². The normalized spacial score (nSPS) is 11.9. The van der Waals surface area contributed by atoms with E-state index in [0.29, 0.717) is 28.6 Å². The van der Waals surface area contributed by atoms with Crippen molar-refractivity contribution in [3.05, 3.63) is 28.2 Å². The second-order valence-electron chi connectivity index (χ2n) is 7.15. The van der Waals surface area contributed by atoms with Crippen molar-refractivity contribution < 1.29 is 9.59 Å². The lowest BCUT2D eigenvalue weighted by molar-refractivity contribution is -0.129. The van der Waals surface area contributed by atoms with E-state index in [1.807, 2.05) is 13.8 Å². The molecule has 0 saturated heterocycles. The third kappa shape index (κ3) is 9.87. The Morgan fingerprint density at radius 1 is 1.07 bits per heavy atom. The van der Waals surface area contributed by atoms with Crippen molar-refractivity contribution in [3.8, 4) is 0 Å². The zero-order valence-corrected chi connectivity index (χ0v) is 17.9. The standard InChI is InChI=1S/C20H31Cl2N3O2/c1-4-5-6-7-8-9-19(26)23-18(12-14(2)3)20(27)25-24-17-11-10-15(21)13-16(17)22/h10-11,13-14,18,24H,4-9,12H2,1-3H3,(H,23,26)(H,25,27). The number of nitrogens with one attached hydrogen (secondary N) is 3. The molecule has 0 aliphatic heterocycles. The van der Waals surface area contributed by atoms with Crippen molar-refractivity contribution in [2.45, 2.75) is 71.8 Å². The molecule has 0 aliphatic rings. The van der Waals surface area contributed by atoms with Crippen LogP contribution in [0.5, 0.6) is 0 Å². The Hall–Kier alpha value is -1.46. The molecule has 1 atom stereocenters. The van der Waals surface area contributed by atoms with Crippen molar-refractivity contribution in [3.63, 3.8) is 0 Å². The molecule has 1 unspecified atom stereocenters. The number of halogens is 2. The van der Waals surface area contributed by atoms with E-state index in [0.717, 1.165) is 19.3 Å². The van der Waals surface area contributed by atoms with Crippen molar-refractivity contribution >= 4 is 40.7 Å². The fourth-order valence-electron chi connectivity index (χ4n) is 2.67. The van der Waals surface area contributed by atoms with E-state index < -0.39 is 6.04 Å². The lowest BCUT2D eigenvalue weighted by Gasteiger charge is -2.21. The minimum Gasteiger partial charge on any atom is -0.344 e. The lowest BCUT2D eigenvalue weighted by Crippen LogP contribution is -2.48. The molecule has 0 fully saturated rings. The Morgan fingerprint density at radius 2 is 1.78 bits per heavy atom. The minimum atomic E-state index is -0.591. The number of carbonyl (C=O) groups is 2. The molecule has 1 rings (SSSR count). The molecule has 0 bridgehead atoms. The number of rotatable bonds is 12. The molecule has 3 N–H and O–H groups in total. The predicted octanol–water partition coefficient (Wildman–Crippen LogP) is 5.33. The van der Waals surface area contributed by atoms with Crippen LogP contribution in [0.1, 0.15) is 65.7 Å². The molecule has 1 aromatic carbocycles. The highest BCUT2D eigenvalue weighted by Crippen LogP contribution is 2.24. The number of hydrogen-bond acceptors (Lipinski definition) is 3. The summed E-state index contributed by atoms with van der Waals surface area (Å²) in [7, 11) is 0. The molecular formula is C20H31Cl2N3O2. The number of amides is 2. The van der Waals surface area contributed by atoms with E-state index in [1.165, 1.54) is 12.8 Å². The third-order valence-electron chi connectivity index (χ3n) is 4.12. The summed E-state index contributed by atoms with van der Waals surface area (Å²) in [6.07, 6.45) is 6.41. The average molecular weight is 416 g/mol. The molecular weight excluding hydrogens is 385 g/mol. The maximum absolute atomic E-state index is 12.5. The first-order valence-corrected chi connectivity index (χ1v) is 10.4. The monoisotopic (exact) mass is 415 g/mol. The molecule has 2 amide bonds. The van der Waals surface area contributed by atoms with Gasteiger partial charge >= 0.3 is 0 Å². The smallest absolute Gasteiger partial charge is 0.260 e. The molecule has 5 nitrogen and oxygen atoms in total. The van der Waals surface area contributed by atoms with E-state index >= 15 is 0 Å². The topological polar surface area (TPSA) is 70.2 Å². The highest BCUT2D eigenvalue weighted by atomic mass is 35.5. The number of unbranched alkanes of at least 4 members (excludes halogenated alkanes) is 4. The van der Waals surface area contributed by atoms with Gasteiger partial charge in [-0.3, -0.25) is 20.4 Å². The van der Waals surface area contributed by atoms with Crippen molar-refractivity contribution in [1.29, 1.82) is 0 Å². The van der Waals surface area contributed by atoms with E-state index in [4.69, 9.17) is 23.2 Å². The Labute approximate surface area is 172 Å². The van der Waals surface area contributed by atoms with Gasteiger partial charge in [0.05, 0.1) is 10.7 Å².